The van der Waals surface area contributed by atoms with E-state index in [0.717, 1.165) is 35.8 Å². The van der Waals surface area contributed by atoms with E-state index in [1.165, 1.54) is 24.3 Å². The summed E-state index contributed by atoms with van der Waals surface area (Å²) < 4.78 is 45.8. The molecule has 3 heterocycles. The van der Waals surface area contributed by atoms with Crippen molar-refractivity contribution in [2.75, 3.05) is 11.9 Å². The van der Waals surface area contributed by atoms with Gasteiger partial charge in [-0.05, 0) is 51.2 Å². The second-order valence-electron chi connectivity index (χ2n) is 7.17. The zero-order valence-corrected chi connectivity index (χ0v) is 17.6. The van der Waals surface area contributed by atoms with Crippen LogP contribution in [0.2, 0.25) is 0 Å². The Bertz CT molecular complexity index is 1180. The van der Waals surface area contributed by atoms with Crippen LogP contribution < -0.4 is 5.32 Å². The van der Waals surface area contributed by atoms with E-state index in [1.54, 1.807) is 6.92 Å². The van der Waals surface area contributed by atoms with Crippen LogP contribution in [0.4, 0.5) is 18.2 Å². The molecule has 0 unspecified atom stereocenters. The number of nitrogens with zero attached hydrogens (tertiary/aromatic N) is 3. The van der Waals surface area contributed by atoms with Crippen LogP contribution in [0.3, 0.4) is 0 Å². The molecule has 3 aromatic heterocycles. The number of carbonyl (C=O) groups is 2. The van der Waals surface area contributed by atoms with Crippen molar-refractivity contribution in [3.63, 3.8) is 0 Å². The number of halogens is 3. The predicted molar refractivity (Wildman–Crippen MR) is 108 cm³/mol. The van der Waals surface area contributed by atoms with Crippen LogP contribution in [0, 0.1) is 6.92 Å². The van der Waals surface area contributed by atoms with Crippen LogP contribution >= 0.6 is 11.3 Å². The smallest absolute Gasteiger partial charge is 0.433 e. The van der Waals surface area contributed by atoms with E-state index in [4.69, 9.17) is 4.74 Å². The van der Waals surface area contributed by atoms with Crippen molar-refractivity contribution in [3.05, 3.63) is 45.2 Å². The maximum atomic E-state index is 13.4. The van der Waals surface area contributed by atoms with Gasteiger partial charge in [-0.2, -0.15) is 18.3 Å². The van der Waals surface area contributed by atoms with E-state index < -0.39 is 23.7 Å². The first-order valence-corrected chi connectivity index (χ1v) is 10.6. The second kappa shape index (κ2) is 7.95. The molecule has 0 fully saturated rings. The van der Waals surface area contributed by atoms with Gasteiger partial charge >= 0.3 is 12.1 Å². The number of rotatable bonds is 4. The lowest BCUT2D eigenvalue weighted by atomic mass is 9.95. The molecule has 0 aliphatic heterocycles. The largest absolute Gasteiger partial charge is 0.462 e. The van der Waals surface area contributed by atoms with E-state index >= 15 is 0 Å². The first-order valence-electron chi connectivity index (χ1n) is 9.76. The SMILES string of the molecule is CCOC(=O)c1c(NC(=O)c2cc3nc(C)cc(C(F)(F)F)n3n2)sc2c1CCCC2. The highest BCUT2D eigenvalue weighted by Crippen LogP contribution is 2.39. The molecule has 1 N–H and O–H groups in total. The van der Waals surface area contributed by atoms with Gasteiger partial charge in [0.05, 0.1) is 12.2 Å². The Morgan fingerprint density at radius 3 is 2.71 bits per heavy atom. The number of aromatic nitrogens is 3. The van der Waals surface area contributed by atoms with Crippen molar-refractivity contribution < 1.29 is 27.5 Å². The van der Waals surface area contributed by atoms with E-state index in [9.17, 15) is 22.8 Å². The number of anilines is 1. The number of ether oxygens (including phenoxy) is 1. The Labute approximate surface area is 179 Å². The third-order valence-electron chi connectivity index (χ3n) is 4.96. The molecule has 0 spiro atoms. The van der Waals surface area contributed by atoms with Gasteiger partial charge in [-0.1, -0.05) is 0 Å². The van der Waals surface area contributed by atoms with Crippen LogP contribution in [-0.4, -0.2) is 33.1 Å². The van der Waals surface area contributed by atoms with Crippen molar-refractivity contribution in [1.82, 2.24) is 14.6 Å². The highest BCUT2D eigenvalue weighted by molar-refractivity contribution is 7.17. The standard InChI is InChI=1S/C20H19F3N4O3S/c1-3-30-19(29)16-11-6-4-5-7-13(11)31-18(16)25-17(28)12-9-15-24-10(2)8-14(20(21,22)23)27(15)26-12/h8-9H,3-7H2,1-2H3,(H,25,28). The minimum absolute atomic E-state index is 0.0893. The third-order valence-corrected chi connectivity index (χ3v) is 6.16. The summed E-state index contributed by atoms with van der Waals surface area (Å²) in [6, 6.07) is 2.06. The van der Waals surface area contributed by atoms with Crippen LogP contribution in [0.25, 0.3) is 5.65 Å². The van der Waals surface area contributed by atoms with Crippen molar-refractivity contribution >= 4 is 33.9 Å². The van der Waals surface area contributed by atoms with Crippen LogP contribution in [0.15, 0.2) is 12.1 Å². The Morgan fingerprint density at radius 1 is 1.26 bits per heavy atom. The minimum Gasteiger partial charge on any atom is -0.462 e. The average molecular weight is 452 g/mol. The van der Waals surface area contributed by atoms with Gasteiger partial charge in [-0.15, -0.1) is 11.3 Å². The van der Waals surface area contributed by atoms with Crippen molar-refractivity contribution in [2.24, 2.45) is 0 Å². The molecule has 31 heavy (non-hydrogen) atoms. The van der Waals surface area contributed by atoms with E-state index in [0.29, 0.717) is 21.5 Å². The number of nitrogens with one attached hydrogen (secondary N) is 1. The number of esters is 1. The highest BCUT2D eigenvalue weighted by Gasteiger charge is 2.35. The zero-order valence-electron chi connectivity index (χ0n) is 16.8. The molecule has 1 amide bonds. The molecule has 1 aliphatic rings. The summed E-state index contributed by atoms with van der Waals surface area (Å²) in [4.78, 5) is 30.4. The lowest BCUT2D eigenvalue weighted by Crippen LogP contribution is -2.17. The Kier molecular flexibility index (Phi) is 5.46. The third kappa shape index (κ3) is 4.01. The molecule has 0 saturated heterocycles. The minimum atomic E-state index is -4.66. The molecule has 4 rings (SSSR count). The maximum Gasteiger partial charge on any atom is 0.433 e. The fourth-order valence-electron chi connectivity index (χ4n) is 3.65. The fraction of sp³-hybridized carbons (Fsp3) is 0.400. The number of alkyl halides is 3. The normalized spacial score (nSPS) is 13.8. The average Bonchev–Trinajstić information content (AvgIpc) is 3.27. The zero-order chi connectivity index (χ0) is 22.3. The van der Waals surface area contributed by atoms with Crippen molar-refractivity contribution in [3.8, 4) is 0 Å². The fourth-order valence-corrected chi connectivity index (χ4v) is 4.93. The number of hydrogen-bond acceptors (Lipinski definition) is 6. The van der Waals surface area contributed by atoms with Gasteiger partial charge in [0, 0.05) is 16.6 Å². The molecule has 0 radical (unpaired) electrons. The maximum absolute atomic E-state index is 13.4. The van der Waals surface area contributed by atoms with Crippen LogP contribution in [0.5, 0.6) is 0 Å². The van der Waals surface area contributed by atoms with Crippen molar-refractivity contribution in [2.45, 2.75) is 45.7 Å². The van der Waals surface area contributed by atoms with E-state index in [-0.39, 0.29) is 23.6 Å². The molecule has 11 heteroatoms. The van der Waals surface area contributed by atoms with Gasteiger partial charge in [-0.3, -0.25) is 4.79 Å². The molecule has 3 aromatic rings. The van der Waals surface area contributed by atoms with Crippen molar-refractivity contribution in [1.29, 1.82) is 0 Å². The van der Waals surface area contributed by atoms with Gasteiger partial charge in [0.15, 0.2) is 11.3 Å². The molecule has 1 aliphatic carbocycles. The molecule has 0 atom stereocenters. The summed E-state index contributed by atoms with van der Waals surface area (Å²) >= 11 is 1.29. The molecular weight excluding hydrogens is 433 g/mol. The second-order valence-corrected chi connectivity index (χ2v) is 8.27. The first kappa shape index (κ1) is 21.3. The molecular formula is C20H19F3N4O3S. The molecule has 7 nitrogen and oxygen atoms in total. The lowest BCUT2D eigenvalue weighted by Gasteiger charge is -2.12. The topological polar surface area (TPSA) is 85.6 Å². The summed E-state index contributed by atoms with van der Waals surface area (Å²) in [5.41, 5.74) is 0.00803. The summed E-state index contributed by atoms with van der Waals surface area (Å²) in [6.07, 6.45) is -1.23. The summed E-state index contributed by atoms with van der Waals surface area (Å²) in [6.45, 7) is 3.32. The van der Waals surface area contributed by atoms with E-state index in [2.05, 4.69) is 15.4 Å². The monoisotopic (exact) mass is 452 g/mol. The molecule has 164 valence electrons. The number of thiophene rings is 1. The number of hydrogen-bond donors (Lipinski definition) is 1. The van der Waals surface area contributed by atoms with Gasteiger partial charge in [-0.25, -0.2) is 14.3 Å². The van der Waals surface area contributed by atoms with Gasteiger partial charge < -0.3 is 10.1 Å². The van der Waals surface area contributed by atoms with Gasteiger partial charge in [0.1, 0.15) is 10.7 Å². The Hall–Kier alpha value is -2.95. The summed E-state index contributed by atoms with van der Waals surface area (Å²) in [5.74, 6) is -1.25. The van der Waals surface area contributed by atoms with Gasteiger partial charge in [0.25, 0.3) is 5.91 Å². The predicted octanol–water partition coefficient (Wildman–Crippen LogP) is 4.43. The quantitative estimate of drug-likeness (QED) is 0.592. The molecule has 0 aromatic carbocycles. The highest BCUT2D eigenvalue weighted by atomic mass is 32.1. The number of amides is 1. The number of carbonyl (C=O) groups excluding carboxylic acids is 2. The summed E-state index contributed by atoms with van der Waals surface area (Å²) in [5, 5.41) is 6.80. The Morgan fingerprint density at radius 2 is 2.00 bits per heavy atom. The molecule has 0 bridgehead atoms. The lowest BCUT2D eigenvalue weighted by molar-refractivity contribution is -0.142. The Balaban J connectivity index is 1.71. The number of fused-ring (bicyclic) bond motifs is 2. The first-order chi connectivity index (χ1) is 14.7. The van der Waals surface area contributed by atoms with Gasteiger partial charge in [0.2, 0.25) is 0 Å². The van der Waals surface area contributed by atoms with Crippen LogP contribution in [-0.2, 0) is 23.8 Å². The van der Waals surface area contributed by atoms with E-state index in [1.807, 2.05) is 0 Å². The molecule has 0 saturated carbocycles. The summed E-state index contributed by atoms with van der Waals surface area (Å²) in [7, 11) is 0. The number of aryl methyl sites for hydroxylation is 2. The van der Waals surface area contributed by atoms with Crippen LogP contribution in [0.1, 0.15) is 62.4 Å².